The molecule has 0 bridgehead atoms. The molecule has 11 heavy (non-hydrogen) atoms. The van der Waals surface area contributed by atoms with Crippen LogP contribution in [-0.2, 0) is 0 Å². The van der Waals surface area contributed by atoms with E-state index >= 15 is 0 Å². The minimum absolute atomic E-state index is 0.620. The van der Waals surface area contributed by atoms with E-state index in [9.17, 15) is 0 Å². The number of hydrogen-bond donors (Lipinski definition) is 2. The van der Waals surface area contributed by atoms with Crippen molar-refractivity contribution in [1.29, 1.82) is 0 Å². The van der Waals surface area contributed by atoms with Crippen molar-refractivity contribution in [3.63, 3.8) is 0 Å². The smallest absolute Gasteiger partial charge is 0.0282 e. The van der Waals surface area contributed by atoms with Crippen molar-refractivity contribution in [1.82, 2.24) is 10.3 Å². The molecule has 0 aromatic heterocycles. The van der Waals surface area contributed by atoms with Gasteiger partial charge in [0.1, 0.15) is 0 Å². The lowest BCUT2D eigenvalue weighted by Crippen LogP contribution is -2.41. The summed E-state index contributed by atoms with van der Waals surface area (Å²) in [5.41, 5.74) is 0. The van der Waals surface area contributed by atoms with Gasteiger partial charge >= 0.3 is 0 Å². The highest BCUT2D eigenvalue weighted by Crippen LogP contribution is 2.18. The van der Waals surface area contributed by atoms with Gasteiger partial charge in [0.25, 0.3) is 0 Å². The summed E-state index contributed by atoms with van der Waals surface area (Å²) in [4.78, 5) is 0. The van der Waals surface area contributed by atoms with Crippen LogP contribution in [0, 0.1) is 5.92 Å². The highest BCUT2D eigenvalue weighted by atomic mass is 15.4. The summed E-state index contributed by atoms with van der Waals surface area (Å²) in [7, 11) is 1.92. The summed E-state index contributed by atoms with van der Waals surface area (Å²) in [6.45, 7) is 4.39. The standard InChI is InChI=1S/C8H19N3/c1-3-7-4-5-10-8(7)6-11(2)9/h7-8,10H,3-6,9H2,1-2H3. The van der Waals surface area contributed by atoms with Crippen molar-refractivity contribution in [2.75, 3.05) is 20.1 Å². The Balaban J connectivity index is 2.31. The second kappa shape index (κ2) is 4.04. The van der Waals surface area contributed by atoms with Crippen LogP contribution in [0.5, 0.6) is 0 Å². The lowest BCUT2D eigenvalue weighted by atomic mass is 9.98. The van der Waals surface area contributed by atoms with Crippen molar-refractivity contribution in [2.45, 2.75) is 25.8 Å². The largest absolute Gasteiger partial charge is 0.312 e. The summed E-state index contributed by atoms with van der Waals surface area (Å²) >= 11 is 0. The highest BCUT2D eigenvalue weighted by molar-refractivity contribution is 4.83. The third-order valence-corrected chi connectivity index (χ3v) is 2.50. The van der Waals surface area contributed by atoms with Gasteiger partial charge in [-0.1, -0.05) is 13.3 Å². The van der Waals surface area contributed by atoms with E-state index in [0.29, 0.717) is 6.04 Å². The molecule has 0 amide bonds. The Labute approximate surface area is 68.9 Å². The Kier molecular flexibility index (Phi) is 3.30. The van der Waals surface area contributed by atoms with Crippen LogP contribution in [0.25, 0.3) is 0 Å². The first kappa shape index (κ1) is 8.97. The number of nitrogens with two attached hydrogens (primary N) is 1. The SMILES string of the molecule is CCC1CCNC1CN(C)N. The zero-order chi connectivity index (χ0) is 8.27. The van der Waals surface area contributed by atoms with Crippen LogP contribution in [0.4, 0.5) is 0 Å². The molecule has 1 aliphatic heterocycles. The number of nitrogens with zero attached hydrogens (tertiary/aromatic N) is 1. The fourth-order valence-electron chi connectivity index (χ4n) is 1.83. The normalized spacial score (nSPS) is 31.6. The molecule has 0 spiro atoms. The van der Waals surface area contributed by atoms with Crippen LogP contribution in [0.15, 0.2) is 0 Å². The predicted molar refractivity (Wildman–Crippen MR) is 47.0 cm³/mol. The number of likely N-dealkylation sites (N-methyl/N-ethyl adjacent to an activating group) is 1. The van der Waals surface area contributed by atoms with Crippen molar-refractivity contribution < 1.29 is 0 Å². The van der Waals surface area contributed by atoms with Gasteiger partial charge in [-0.2, -0.15) is 0 Å². The molecule has 3 N–H and O–H groups in total. The van der Waals surface area contributed by atoms with E-state index in [-0.39, 0.29) is 0 Å². The fourth-order valence-corrected chi connectivity index (χ4v) is 1.83. The van der Waals surface area contributed by atoms with Gasteiger partial charge in [0, 0.05) is 19.6 Å². The van der Waals surface area contributed by atoms with E-state index in [1.165, 1.54) is 12.8 Å². The number of rotatable bonds is 3. The fraction of sp³-hybridized carbons (Fsp3) is 1.00. The molecule has 3 nitrogen and oxygen atoms in total. The Morgan fingerprint density at radius 1 is 1.64 bits per heavy atom. The summed E-state index contributed by atoms with van der Waals surface area (Å²) in [6, 6.07) is 0.620. The molecule has 3 heteroatoms. The van der Waals surface area contributed by atoms with Crippen LogP contribution in [0.1, 0.15) is 19.8 Å². The second-order valence-electron chi connectivity index (χ2n) is 3.46. The van der Waals surface area contributed by atoms with Gasteiger partial charge < -0.3 is 5.32 Å². The zero-order valence-electron chi connectivity index (χ0n) is 7.51. The van der Waals surface area contributed by atoms with Gasteiger partial charge in [-0.05, 0) is 18.9 Å². The minimum Gasteiger partial charge on any atom is -0.312 e. The number of hydrazine groups is 1. The van der Waals surface area contributed by atoms with Gasteiger partial charge in [0.15, 0.2) is 0 Å². The monoisotopic (exact) mass is 157 g/mol. The third-order valence-electron chi connectivity index (χ3n) is 2.50. The quantitative estimate of drug-likeness (QED) is 0.453. The molecular formula is C8H19N3. The van der Waals surface area contributed by atoms with E-state index in [1.54, 1.807) is 5.01 Å². The summed E-state index contributed by atoms with van der Waals surface area (Å²) in [6.07, 6.45) is 2.58. The van der Waals surface area contributed by atoms with Crippen LogP contribution < -0.4 is 11.2 Å². The molecule has 1 fully saturated rings. The lowest BCUT2D eigenvalue weighted by Gasteiger charge is -2.21. The summed E-state index contributed by atoms with van der Waals surface area (Å²) < 4.78 is 0. The van der Waals surface area contributed by atoms with Gasteiger partial charge in [-0.25, -0.2) is 5.01 Å². The maximum Gasteiger partial charge on any atom is 0.0282 e. The molecule has 1 heterocycles. The van der Waals surface area contributed by atoms with Gasteiger partial charge in [0.2, 0.25) is 0 Å². The van der Waals surface area contributed by atoms with Crippen molar-refractivity contribution >= 4 is 0 Å². The van der Waals surface area contributed by atoms with E-state index in [4.69, 9.17) is 5.84 Å². The van der Waals surface area contributed by atoms with Gasteiger partial charge in [0.05, 0.1) is 0 Å². The molecule has 0 aromatic rings. The molecule has 2 unspecified atom stereocenters. The highest BCUT2D eigenvalue weighted by Gasteiger charge is 2.25. The number of hydrogen-bond acceptors (Lipinski definition) is 3. The maximum absolute atomic E-state index is 5.58. The molecule has 0 saturated carbocycles. The Bertz CT molecular complexity index is 114. The average molecular weight is 157 g/mol. The topological polar surface area (TPSA) is 41.3 Å². The first-order valence-corrected chi connectivity index (χ1v) is 4.43. The Morgan fingerprint density at radius 2 is 2.36 bits per heavy atom. The Morgan fingerprint density at radius 3 is 2.91 bits per heavy atom. The second-order valence-corrected chi connectivity index (χ2v) is 3.46. The molecule has 1 aliphatic rings. The van der Waals surface area contributed by atoms with Crippen molar-refractivity contribution in [3.05, 3.63) is 0 Å². The molecule has 2 atom stereocenters. The molecule has 66 valence electrons. The summed E-state index contributed by atoms with van der Waals surface area (Å²) in [5, 5.41) is 5.24. The zero-order valence-corrected chi connectivity index (χ0v) is 7.51. The van der Waals surface area contributed by atoms with Gasteiger partial charge in [-0.15, -0.1) is 0 Å². The molecule has 1 saturated heterocycles. The average Bonchev–Trinajstić information content (AvgIpc) is 2.34. The van der Waals surface area contributed by atoms with Crippen LogP contribution >= 0.6 is 0 Å². The van der Waals surface area contributed by atoms with Crippen LogP contribution in [-0.4, -0.2) is 31.2 Å². The van der Waals surface area contributed by atoms with E-state index < -0.39 is 0 Å². The molecule has 1 rings (SSSR count). The molecule has 0 radical (unpaired) electrons. The number of nitrogens with one attached hydrogen (secondary N) is 1. The minimum atomic E-state index is 0.620. The third kappa shape index (κ3) is 2.43. The van der Waals surface area contributed by atoms with E-state index in [2.05, 4.69) is 12.2 Å². The van der Waals surface area contributed by atoms with Crippen LogP contribution in [0.2, 0.25) is 0 Å². The summed E-state index contributed by atoms with van der Waals surface area (Å²) in [5.74, 6) is 6.42. The maximum atomic E-state index is 5.58. The first-order chi connectivity index (χ1) is 5.24. The molecule has 0 aliphatic carbocycles. The van der Waals surface area contributed by atoms with Gasteiger partial charge in [-0.3, -0.25) is 5.84 Å². The van der Waals surface area contributed by atoms with E-state index in [0.717, 1.165) is 19.0 Å². The van der Waals surface area contributed by atoms with Crippen molar-refractivity contribution in [2.24, 2.45) is 11.8 Å². The first-order valence-electron chi connectivity index (χ1n) is 4.43. The van der Waals surface area contributed by atoms with Crippen molar-refractivity contribution in [3.8, 4) is 0 Å². The predicted octanol–water partition coefficient (Wildman–Crippen LogP) is 0.180. The lowest BCUT2D eigenvalue weighted by molar-refractivity contribution is 0.276. The van der Waals surface area contributed by atoms with Crippen LogP contribution in [0.3, 0.4) is 0 Å². The Hall–Kier alpha value is -0.120. The molecular weight excluding hydrogens is 138 g/mol. The molecule has 0 aromatic carbocycles. The van der Waals surface area contributed by atoms with E-state index in [1.807, 2.05) is 7.05 Å².